The van der Waals surface area contributed by atoms with Crippen LogP contribution in [0.3, 0.4) is 0 Å². The van der Waals surface area contributed by atoms with E-state index in [0.29, 0.717) is 28.9 Å². The molecule has 29 heavy (non-hydrogen) atoms. The number of halogens is 1. The number of carbonyl (C=O) groups excluding carboxylic acids is 1. The highest BCUT2D eigenvalue weighted by atomic mass is 35.5. The second kappa shape index (κ2) is 7.25. The summed E-state index contributed by atoms with van der Waals surface area (Å²) >= 11 is 5.92. The van der Waals surface area contributed by atoms with Crippen LogP contribution in [0.15, 0.2) is 36.4 Å². The number of aromatic hydroxyl groups is 1. The maximum Gasteiger partial charge on any atom is 0.340 e. The lowest BCUT2D eigenvalue weighted by Gasteiger charge is -2.28. The van der Waals surface area contributed by atoms with Crippen LogP contribution in [-0.4, -0.2) is 38.6 Å². The smallest absolute Gasteiger partial charge is 0.340 e. The number of carboxylic acids is 1. The van der Waals surface area contributed by atoms with Gasteiger partial charge in [0.25, 0.3) is 0 Å². The fraction of sp³-hybridized carbons (Fsp3) is 0.190. The monoisotopic (exact) mass is 411 g/mol. The summed E-state index contributed by atoms with van der Waals surface area (Å²) in [5, 5.41) is 21.3. The number of carboxylic acid groups (broad SMARTS) is 1. The van der Waals surface area contributed by atoms with Gasteiger partial charge in [-0.05, 0) is 29.7 Å². The summed E-state index contributed by atoms with van der Waals surface area (Å²) in [6.07, 6.45) is 0.841. The summed E-state index contributed by atoms with van der Waals surface area (Å²) in [5.74, 6) is -1.60. The van der Waals surface area contributed by atoms with E-state index in [0.717, 1.165) is 16.7 Å². The molecule has 0 spiro atoms. The standard InChI is InChI=1S/C21H18ClN3O4/c22-13-4-1-11(2-5-13)9-16-19(26)17(20(27)28)14-6-3-12-7-8-25(21(23)29)10-15(12)18(14)24-16/h1-6,26H,7-10H2,(H2,23,29)(H,27,28). The minimum absolute atomic E-state index is 0.196. The van der Waals surface area contributed by atoms with E-state index in [9.17, 15) is 19.8 Å². The molecule has 0 fully saturated rings. The van der Waals surface area contributed by atoms with E-state index in [-0.39, 0.29) is 30.0 Å². The van der Waals surface area contributed by atoms with Crippen LogP contribution >= 0.6 is 11.6 Å². The number of hydrogen-bond acceptors (Lipinski definition) is 4. The summed E-state index contributed by atoms with van der Waals surface area (Å²) in [4.78, 5) is 29.7. The van der Waals surface area contributed by atoms with E-state index >= 15 is 0 Å². The first kappa shape index (κ1) is 19.0. The van der Waals surface area contributed by atoms with Gasteiger partial charge >= 0.3 is 12.0 Å². The van der Waals surface area contributed by atoms with Gasteiger partial charge in [0.1, 0.15) is 5.56 Å². The predicted octanol–water partition coefficient (Wildman–Crippen LogP) is 3.32. The number of nitrogens with two attached hydrogens (primary N) is 1. The average Bonchev–Trinajstić information content (AvgIpc) is 2.69. The third kappa shape index (κ3) is 3.45. The summed E-state index contributed by atoms with van der Waals surface area (Å²) in [5.41, 5.74) is 8.53. The largest absolute Gasteiger partial charge is 0.505 e. The molecule has 0 radical (unpaired) electrons. The summed E-state index contributed by atoms with van der Waals surface area (Å²) in [7, 11) is 0. The molecule has 2 amide bonds. The molecule has 3 aromatic rings. The topological polar surface area (TPSA) is 117 Å². The van der Waals surface area contributed by atoms with Gasteiger partial charge in [-0.15, -0.1) is 0 Å². The summed E-state index contributed by atoms with van der Waals surface area (Å²) < 4.78 is 0. The van der Waals surface area contributed by atoms with Crippen LogP contribution in [0.5, 0.6) is 5.75 Å². The van der Waals surface area contributed by atoms with Crippen molar-refractivity contribution in [3.8, 4) is 5.75 Å². The quantitative estimate of drug-likeness (QED) is 0.611. The number of fused-ring (bicyclic) bond motifs is 3. The Labute approximate surface area is 171 Å². The second-order valence-electron chi connectivity index (χ2n) is 7.00. The highest BCUT2D eigenvalue weighted by Crippen LogP contribution is 2.35. The van der Waals surface area contributed by atoms with Crippen LogP contribution < -0.4 is 5.73 Å². The highest BCUT2D eigenvalue weighted by molar-refractivity contribution is 6.30. The van der Waals surface area contributed by atoms with Crippen molar-refractivity contribution in [2.75, 3.05) is 6.54 Å². The van der Waals surface area contributed by atoms with Gasteiger partial charge < -0.3 is 20.8 Å². The molecule has 2 aromatic carbocycles. The number of carbonyl (C=O) groups is 2. The Balaban J connectivity index is 1.91. The van der Waals surface area contributed by atoms with Gasteiger partial charge in [0.15, 0.2) is 5.75 Å². The third-order valence-electron chi connectivity index (χ3n) is 5.22. The first-order valence-corrected chi connectivity index (χ1v) is 9.41. The van der Waals surface area contributed by atoms with Gasteiger partial charge in [0, 0.05) is 35.5 Å². The van der Waals surface area contributed by atoms with Crippen LogP contribution in [0.4, 0.5) is 4.79 Å². The zero-order valence-corrected chi connectivity index (χ0v) is 16.1. The molecule has 148 valence electrons. The van der Waals surface area contributed by atoms with E-state index in [1.807, 2.05) is 6.07 Å². The van der Waals surface area contributed by atoms with Crippen molar-refractivity contribution in [2.45, 2.75) is 19.4 Å². The molecule has 0 atom stereocenters. The van der Waals surface area contributed by atoms with Crippen molar-refractivity contribution in [1.82, 2.24) is 9.88 Å². The number of hydrogen-bond donors (Lipinski definition) is 3. The van der Waals surface area contributed by atoms with Gasteiger partial charge in [-0.3, -0.25) is 0 Å². The molecule has 1 aliphatic rings. The number of primary amides is 1. The SMILES string of the molecule is NC(=O)N1CCc2ccc3c(C(=O)O)c(O)c(Cc4ccc(Cl)cc4)nc3c2C1. The molecular weight excluding hydrogens is 394 g/mol. The van der Waals surface area contributed by atoms with Gasteiger partial charge in [-0.2, -0.15) is 0 Å². The fourth-order valence-electron chi connectivity index (χ4n) is 3.73. The number of amides is 2. The number of rotatable bonds is 3. The van der Waals surface area contributed by atoms with Crippen LogP contribution in [-0.2, 0) is 19.4 Å². The van der Waals surface area contributed by atoms with Gasteiger partial charge in [-0.1, -0.05) is 35.9 Å². The molecular formula is C21H18ClN3O4. The van der Waals surface area contributed by atoms with Crippen LogP contribution in [0.25, 0.3) is 10.9 Å². The molecule has 4 N–H and O–H groups in total. The lowest BCUT2D eigenvalue weighted by molar-refractivity contribution is 0.0695. The number of aromatic nitrogens is 1. The van der Waals surface area contributed by atoms with Crippen molar-refractivity contribution in [3.05, 3.63) is 69.4 Å². The van der Waals surface area contributed by atoms with Crippen molar-refractivity contribution in [2.24, 2.45) is 5.73 Å². The minimum Gasteiger partial charge on any atom is -0.505 e. The van der Waals surface area contributed by atoms with Gasteiger partial charge in [0.2, 0.25) is 0 Å². The Bertz CT molecular complexity index is 1150. The first-order valence-electron chi connectivity index (χ1n) is 9.03. The highest BCUT2D eigenvalue weighted by Gasteiger charge is 2.26. The molecule has 1 aromatic heterocycles. The first-order chi connectivity index (χ1) is 13.8. The number of nitrogens with zero attached hydrogens (tertiary/aromatic N) is 2. The zero-order chi connectivity index (χ0) is 20.7. The zero-order valence-electron chi connectivity index (χ0n) is 15.4. The molecule has 1 aliphatic heterocycles. The molecule has 0 saturated carbocycles. The van der Waals surface area contributed by atoms with E-state index < -0.39 is 12.0 Å². The van der Waals surface area contributed by atoms with Gasteiger partial charge in [-0.25, -0.2) is 14.6 Å². The number of aromatic carboxylic acids is 1. The maximum atomic E-state index is 11.9. The normalized spacial score (nSPS) is 13.3. The molecule has 0 aliphatic carbocycles. The van der Waals surface area contributed by atoms with Crippen LogP contribution in [0.2, 0.25) is 5.02 Å². The third-order valence-corrected chi connectivity index (χ3v) is 5.47. The predicted molar refractivity (Wildman–Crippen MR) is 108 cm³/mol. The van der Waals surface area contributed by atoms with E-state index in [2.05, 4.69) is 4.98 Å². The van der Waals surface area contributed by atoms with Gasteiger partial charge in [0.05, 0.1) is 11.2 Å². The molecule has 7 nitrogen and oxygen atoms in total. The van der Waals surface area contributed by atoms with Crippen molar-refractivity contribution >= 4 is 34.5 Å². The summed E-state index contributed by atoms with van der Waals surface area (Å²) in [6, 6.07) is 9.98. The fourth-order valence-corrected chi connectivity index (χ4v) is 3.85. The Hall–Kier alpha value is -3.32. The average molecular weight is 412 g/mol. The van der Waals surface area contributed by atoms with E-state index in [4.69, 9.17) is 17.3 Å². The van der Waals surface area contributed by atoms with E-state index in [1.165, 1.54) is 4.90 Å². The Morgan fingerprint density at radius 1 is 1.17 bits per heavy atom. The Morgan fingerprint density at radius 3 is 2.55 bits per heavy atom. The maximum absolute atomic E-state index is 11.9. The lowest BCUT2D eigenvalue weighted by atomic mass is 9.93. The lowest BCUT2D eigenvalue weighted by Crippen LogP contribution is -2.39. The van der Waals surface area contributed by atoms with Crippen molar-refractivity contribution in [3.63, 3.8) is 0 Å². The van der Waals surface area contributed by atoms with Crippen LogP contribution in [0.1, 0.15) is 32.7 Å². The Morgan fingerprint density at radius 2 is 1.90 bits per heavy atom. The molecule has 0 unspecified atom stereocenters. The molecule has 0 bridgehead atoms. The molecule has 0 saturated heterocycles. The molecule has 2 heterocycles. The van der Waals surface area contributed by atoms with Crippen LogP contribution in [0, 0.1) is 0 Å². The number of benzene rings is 2. The second-order valence-corrected chi connectivity index (χ2v) is 7.44. The molecule has 8 heteroatoms. The number of urea groups is 1. The Kier molecular flexibility index (Phi) is 4.76. The number of pyridine rings is 1. The van der Waals surface area contributed by atoms with E-state index in [1.54, 1.807) is 30.3 Å². The van der Waals surface area contributed by atoms with Crippen molar-refractivity contribution in [1.29, 1.82) is 0 Å². The summed E-state index contributed by atoms with van der Waals surface area (Å²) in [6.45, 7) is 0.745. The van der Waals surface area contributed by atoms with Crippen molar-refractivity contribution < 1.29 is 19.8 Å². The minimum atomic E-state index is -1.24. The molecule has 4 rings (SSSR count).